The molecular formula is C15H13ClFNO. The van der Waals surface area contributed by atoms with Crippen LogP contribution in [0.5, 0.6) is 5.75 Å². The van der Waals surface area contributed by atoms with E-state index < -0.39 is 6.04 Å². The second kappa shape index (κ2) is 4.83. The zero-order valence-corrected chi connectivity index (χ0v) is 11.0. The van der Waals surface area contributed by atoms with Crippen molar-refractivity contribution in [2.24, 2.45) is 5.73 Å². The van der Waals surface area contributed by atoms with Crippen molar-refractivity contribution in [3.63, 3.8) is 0 Å². The fourth-order valence-corrected chi connectivity index (χ4v) is 2.67. The van der Waals surface area contributed by atoms with Crippen molar-refractivity contribution in [1.29, 1.82) is 0 Å². The maximum absolute atomic E-state index is 13.8. The average molecular weight is 278 g/mol. The summed E-state index contributed by atoms with van der Waals surface area (Å²) in [5.41, 5.74) is 8.40. The summed E-state index contributed by atoms with van der Waals surface area (Å²) in [6.07, 6.45) is 0.812. The lowest BCUT2D eigenvalue weighted by Gasteiger charge is -2.17. The molecule has 98 valence electrons. The second-order valence-electron chi connectivity index (χ2n) is 4.58. The molecule has 0 saturated heterocycles. The summed E-state index contributed by atoms with van der Waals surface area (Å²) in [5, 5.41) is 0.603. The van der Waals surface area contributed by atoms with E-state index in [9.17, 15) is 4.39 Å². The van der Waals surface area contributed by atoms with E-state index in [0.29, 0.717) is 17.2 Å². The van der Waals surface area contributed by atoms with Crippen LogP contribution in [-0.4, -0.2) is 6.61 Å². The van der Waals surface area contributed by atoms with Crippen LogP contribution in [0.4, 0.5) is 4.39 Å². The minimum absolute atomic E-state index is 0.318. The molecule has 1 unspecified atom stereocenters. The summed E-state index contributed by atoms with van der Waals surface area (Å²) >= 11 is 6.09. The van der Waals surface area contributed by atoms with E-state index in [0.717, 1.165) is 23.3 Å². The first-order valence-corrected chi connectivity index (χ1v) is 6.50. The number of fused-ring (bicyclic) bond motifs is 1. The van der Waals surface area contributed by atoms with Crippen molar-refractivity contribution in [2.45, 2.75) is 12.5 Å². The minimum Gasteiger partial charge on any atom is -0.493 e. The van der Waals surface area contributed by atoms with E-state index in [-0.39, 0.29) is 5.82 Å². The molecule has 2 aromatic carbocycles. The van der Waals surface area contributed by atoms with Crippen molar-refractivity contribution >= 4 is 11.6 Å². The summed E-state index contributed by atoms with van der Waals surface area (Å²) in [6, 6.07) is 9.55. The molecule has 0 amide bonds. The predicted molar refractivity (Wildman–Crippen MR) is 73.1 cm³/mol. The van der Waals surface area contributed by atoms with E-state index >= 15 is 0 Å². The Morgan fingerprint density at radius 2 is 2.00 bits per heavy atom. The summed E-state index contributed by atoms with van der Waals surface area (Å²) in [7, 11) is 0. The third-order valence-corrected chi connectivity index (χ3v) is 3.57. The van der Waals surface area contributed by atoms with Crippen molar-refractivity contribution < 1.29 is 9.13 Å². The Hall–Kier alpha value is -1.58. The molecule has 0 bridgehead atoms. The number of hydrogen-bond acceptors (Lipinski definition) is 2. The fourth-order valence-electron chi connectivity index (χ4n) is 2.42. The molecule has 1 aliphatic heterocycles. The molecule has 2 nitrogen and oxygen atoms in total. The Morgan fingerprint density at radius 1 is 1.21 bits per heavy atom. The lowest BCUT2D eigenvalue weighted by atomic mass is 9.96. The third-order valence-electron chi connectivity index (χ3n) is 3.35. The van der Waals surface area contributed by atoms with E-state index in [1.807, 2.05) is 6.07 Å². The van der Waals surface area contributed by atoms with Crippen molar-refractivity contribution in [3.05, 3.63) is 63.9 Å². The van der Waals surface area contributed by atoms with Gasteiger partial charge in [0.15, 0.2) is 0 Å². The summed E-state index contributed by atoms with van der Waals surface area (Å²) in [5.74, 6) is 0.432. The van der Waals surface area contributed by atoms with Gasteiger partial charge in [-0.1, -0.05) is 29.8 Å². The summed E-state index contributed by atoms with van der Waals surface area (Å²) in [6.45, 7) is 0.618. The van der Waals surface area contributed by atoms with Crippen molar-refractivity contribution in [3.8, 4) is 5.75 Å². The van der Waals surface area contributed by atoms with E-state index in [2.05, 4.69) is 0 Å². The largest absolute Gasteiger partial charge is 0.493 e. The van der Waals surface area contributed by atoms with Gasteiger partial charge in [0.2, 0.25) is 0 Å². The molecule has 1 aliphatic rings. The molecule has 0 saturated carbocycles. The second-order valence-corrected chi connectivity index (χ2v) is 5.02. The molecule has 4 heteroatoms. The van der Waals surface area contributed by atoms with Gasteiger partial charge in [0.1, 0.15) is 11.6 Å². The maximum Gasteiger partial charge on any atom is 0.128 e. The summed E-state index contributed by atoms with van der Waals surface area (Å²) in [4.78, 5) is 0. The molecule has 0 aromatic heterocycles. The van der Waals surface area contributed by atoms with E-state index in [4.69, 9.17) is 22.1 Å². The van der Waals surface area contributed by atoms with Crippen LogP contribution in [0.15, 0.2) is 36.4 Å². The van der Waals surface area contributed by atoms with Crippen LogP contribution in [-0.2, 0) is 6.42 Å². The molecule has 19 heavy (non-hydrogen) atoms. The molecule has 0 aliphatic carbocycles. The zero-order chi connectivity index (χ0) is 13.4. The van der Waals surface area contributed by atoms with Crippen LogP contribution >= 0.6 is 11.6 Å². The Balaban J connectivity index is 2.10. The molecule has 1 heterocycles. The van der Waals surface area contributed by atoms with Gasteiger partial charge < -0.3 is 10.5 Å². The first-order chi connectivity index (χ1) is 9.16. The van der Waals surface area contributed by atoms with Gasteiger partial charge in [0, 0.05) is 22.6 Å². The predicted octanol–water partition coefficient (Wildman–Crippen LogP) is 3.46. The lowest BCUT2D eigenvalue weighted by molar-refractivity contribution is 0.352. The van der Waals surface area contributed by atoms with Crippen molar-refractivity contribution in [1.82, 2.24) is 0 Å². The number of halogens is 2. The molecule has 0 fully saturated rings. The number of hydrogen-bond donors (Lipinski definition) is 1. The Kier molecular flexibility index (Phi) is 3.17. The topological polar surface area (TPSA) is 35.2 Å². The lowest BCUT2D eigenvalue weighted by Crippen LogP contribution is -2.14. The quantitative estimate of drug-likeness (QED) is 0.912. The highest BCUT2D eigenvalue weighted by Crippen LogP contribution is 2.38. The highest BCUT2D eigenvalue weighted by atomic mass is 35.5. The SMILES string of the molecule is NC(c1ccccc1F)c1cc(Cl)cc2c1OCC2. The zero-order valence-electron chi connectivity index (χ0n) is 10.2. The average Bonchev–Trinajstić information content (AvgIpc) is 2.85. The normalized spacial score (nSPS) is 14.9. The molecule has 0 spiro atoms. The van der Waals surface area contributed by atoms with Gasteiger partial charge in [-0.15, -0.1) is 0 Å². The molecule has 2 aromatic rings. The smallest absolute Gasteiger partial charge is 0.128 e. The number of nitrogens with two attached hydrogens (primary N) is 1. The van der Waals surface area contributed by atoms with Gasteiger partial charge in [-0.25, -0.2) is 4.39 Å². The highest BCUT2D eigenvalue weighted by Gasteiger charge is 2.23. The van der Waals surface area contributed by atoms with Gasteiger partial charge in [-0.2, -0.15) is 0 Å². The van der Waals surface area contributed by atoms with Crippen molar-refractivity contribution in [2.75, 3.05) is 6.61 Å². The van der Waals surface area contributed by atoms with Crippen LogP contribution in [0.1, 0.15) is 22.7 Å². The molecule has 3 rings (SSSR count). The minimum atomic E-state index is -0.577. The van der Waals surface area contributed by atoms with Crippen LogP contribution in [0.3, 0.4) is 0 Å². The van der Waals surface area contributed by atoms with Crippen LogP contribution in [0.2, 0.25) is 5.02 Å². The van der Waals surface area contributed by atoms with E-state index in [1.54, 1.807) is 24.3 Å². The molecular weight excluding hydrogens is 265 g/mol. The van der Waals surface area contributed by atoms with Gasteiger partial charge >= 0.3 is 0 Å². The number of benzene rings is 2. The van der Waals surface area contributed by atoms with Gasteiger partial charge in [0.05, 0.1) is 12.6 Å². The first-order valence-electron chi connectivity index (χ1n) is 6.12. The molecule has 2 N–H and O–H groups in total. The third kappa shape index (κ3) is 2.20. The maximum atomic E-state index is 13.8. The van der Waals surface area contributed by atoms with Crippen LogP contribution in [0.25, 0.3) is 0 Å². The summed E-state index contributed by atoms with van der Waals surface area (Å²) < 4.78 is 19.4. The number of rotatable bonds is 2. The Labute approximate surface area is 115 Å². The monoisotopic (exact) mass is 277 g/mol. The highest BCUT2D eigenvalue weighted by molar-refractivity contribution is 6.30. The molecule has 1 atom stereocenters. The van der Waals surface area contributed by atoms with E-state index in [1.165, 1.54) is 6.07 Å². The Bertz CT molecular complexity index is 630. The standard InChI is InChI=1S/C15H13ClFNO/c16-10-7-9-5-6-19-15(9)12(8-10)14(18)11-3-1-2-4-13(11)17/h1-4,7-8,14H,5-6,18H2. The number of ether oxygens (including phenoxy) is 1. The first kappa shape index (κ1) is 12.5. The van der Waals surface area contributed by atoms with Crippen LogP contribution in [0, 0.1) is 5.82 Å². The van der Waals surface area contributed by atoms with Gasteiger partial charge in [-0.3, -0.25) is 0 Å². The fraction of sp³-hybridized carbons (Fsp3) is 0.200. The van der Waals surface area contributed by atoms with Gasteiger partial charge in [0.25, 0.3) is 0 Å². The molecule has 0 radical (unpaired) electrons. The van der Waals surface area contributed by atoms with Gasteiger partial charge in [-0.05, 0) is 23.8 Å². The Morgan fingerprint density at radius 3 is 2.79 bits per heavy atom. The van der Waals surface area contributed by atoms with Crippen LogP contribution < -0.4 is 10.5 Å².